The van der Waals surface area contributed by atoms with Crippen LogP contribution in [-0.4, -0.2) is 0 Å². The average molecular weight is 284 g/mol. The van der Waals surface area contributed by atoms with E-state index >= 15 is 0 Å². The Hall–Kier alpha value is -0.520. The lowest BCUT2D eigenvalue weighted by Crippen LogP contribution is -2.48. The fourth-order valence-electron chi connectivity index (χ4n) is 7.02. The molecular formula is C21H32. The van der Waals surface area contributed by atoms with Crippen LogP contribution in [0.3, 0.4) is 0 Å². The first-order valence-electron chi connectivity index (χ1n) is 9.45. The first kappa shape index (κ1) is 14.1. The van der Waals surface area contributed by atoms with Crippen LogP contribution in [0.1, 0.15) is 78.6 Å². The van der Waals surface area contributed by atoms with Crippen molar-refractivity contribution < 1.29 is 0 Å². The van der Waals surface area contributed by atoms with Gasteiger partial charge in [0.05, 0.1) is 0 Å². The van der Waals surface area contributed by atoms with Crippen molar-refractivity contribution in [2.24, 2.45) is 28.6 Å². The summed E-state index contributed by atoms with van der Waals surface area (Å²) in [5.41, 5.74) is 4.75. The summed E-state index contributed by atoms with van der Waals surface area (Å²) < 4.78 is 0. The predicted octanol–water partition coefficient (Wildman–Crippen LogP) is 6.29. The van der Waals surface area contributed by atoms with Crippen LogP contribution >= 0.6 is 0 Å². The van der Waals surface area contributed by atoms with E-state index in [0.717, 1.165) is 17.8 Å². The summed E-state index contributed by atoms with van der Waals surface area (Å²) in [6.07, 6.45) is 18.1. The van der Waals surface area contributed by atoms with Crippen LogP contribution in [0, 0.1) is 28.6 Å². The minimum Gasteiger partial charge on any atom is -0.0879 e. The summed E-state index contributed by atoms with van der Waals surface area (Å²) in [4.78, 5) is 0. The van der Waals surface area contributed by atoms with Crippen molar-refractivity contribution in [2.45, 2.75) is 78.6 Å². The zero-order valence-electron chi connectivity index (χ0n) is 14.3. The Morgan fingerprint density at radius 2 is 1.81 bits per heavy atom. The topological polar surface area (TPSA) is 0 Å². The first-order valence-corrected chi connectivity index (χ1v) is 9.45. The molecule has 0 radical (unpaired) electrons. The maximum Gasteiger partial charge on any atom is -0.00852 e. The molecule has 0 spiro atoms. The largest absolute Gasteiger partial charge is 0.0879 e. The highest BCUT2D eigenvalue weighted by molar-refractivity contribution is 5.28. The van der Waals surface area contributed by atoms with Crippen molar-refractivity contribution in [3.63, 3.8) is 0 Å². The molecule has 0 aliphatic heterocycles. The van der Waals surface area contributed by atoms with Crippen LogP contribution in [0.4, 0.5) is 0 Å². The van der Waals surface area contributed by atoms with E-state index in [9.17, 15) is 0 Å². The van der Waals surface area contributed by atoms with Crippen LogP contribution in [0.15, 0.2) is 23.3 Å². The molecule has 0 nitrogen and oxygen atoms in total. The lowest BCUT2D eigenvalue weighted by Gasteiger charge is -2.57. The molecule has 0 aromatic heterocycles. The van der Waals surface area contributed by atoms with E-state index < -0.39 is 0 Å². The van der Waals surface area contributed by atoms with Crippen molar-refractivity contribution in [1.29, 1.82) is 0 Å². The van der Waals surface area contributed by atoms with Crippen LogP contribution in [-0.2, 0) is 0 Å². The average Bonchev–Trinajstić information content (AvgIpc) is 2.83. The summed E-state index contributed by atoms with van der Waals surface area (Å²) in [5.74, 6) is 2.94. The van der Waals surface area contributed by atoms with Gasteiger partial charge in [0.2, 0.25) is 0 Å². The Kier molecular flexibility index (Phi) is 3.18. The normalized spacial score (nSPS) is 51.1. The molecule has 4 rings (SSSR count). The van der Waals surface area contributed by atoms with Crippen LogP contribution in [0.5, 0.6) is 0 Å². The van der Waals surface area contributed by atoms with E-state index in [1.54, 1.807) is 5.57 Å². The van der Waals surface area contributed by atoms with Crippen molar-refractivity contribution >= 4 is 0 Å². The molecule has 0 heteroatoms. The third kappa shape index (κ3) is 1.80. The quantitative estimate of drug-likeness (QED) is 0.459. The Morgan fingerprint density at radius 1 is 1.00 bits per heavy atom. The van der Waals surface area contributed by atoms with Gasteiger partial charge in [-0.05, 0) is 86.9 Å². The highest BCUT2D eigenvalue weighted by Gasteiger charge is 2.56. The Bertz CT molecular complexity index is 496. The molecular weight excluding hydrogens is 252 g/mol. The molecule has 0 bridgehead atoms. The summed E-state index contributed by atoms with van der Waals surface area (Å²) >= 11 is 0. The van der Waals surface area contributed by atoms with E-state index in [-0.39, 0.29) is 0 Å². The monoisotopic (exact) mass is 284 g/mol. The van der Waals surface area contributed by atoms with Gasteiger partial charge in [-0.1, -0.05) is 43.6 Å². The van der Waals surface area contributed by atoms with Crippen molar-refractivity contribution in [1.82, 2.24) is 0 Å². The molecule has 3 fully saturated rings. The van der Waals surface area contributed by atoms with Gasteiger partial charge in [-0.2, -0.15) is 0 Å². The van der Waals surface area contributed by atoms with Crippen molar-refractivity contribution in [2.75, 3.05) is 0 Å². The molecule has 0 unspecified atom stereocenters. The second-order valence-corrected chi connectivity index (χ2v) is 8.78. The minimum absolute atomic E-state index is 0.548. The first-order chi connectivity index (χ1) is 10.1. The molecule has 116 valence electrons. The van der Waals surface area contributed by atoms with Crippen molar-refractivity contribution in [3.05, 3.63) is 23.3 Å². The molecule has 3 saturated carbocycles. The zero-order valence-corrected chi connectivity index (χ0v) is 14.3. The van der Waals surface area contributed by atoms with Gasteiger partial charge in [0, 0.05) is 0 Å². The third-order valence-electron chi connectivity index (χ3n) is 8.21. The van der Waals surface area contributed by atoms with E-state index in [0.29, 0.717) is 10.8 Å². The molecule has 0 aromatic rings. The smallest absolute Gasteiger partial charge is 0.00852 e. The Morgan fingerprint density at radius 3 is 2.62 bits per heavy atom. The highest BCUT2D eigenvalue weighted by atomic mass is 14.6. The predicted molar refractivity (Wildman–Crippen MR) is 90.1 cm³/mol. The van der Waals surface area contributed by atoms with Gasteiger partial charge in [0.15, 0.2) is 0 Å². The summed E-state index contributed by atoms with van der Waals surface area (Å²) in [7, 11) is 0. The SMILES string of the molecule is CC=C1CC[C@H]2[C@@H]3CC=C4CCCC[C@]4(C)[C@H]3CC[C@]12C. The number of rotatable bonds is 0. The second-order valence-electron chi connectivity index (χ2n) is 8.78. The lowest BCUT2D eigenvalue weighted by atomic mass is 9.48. The van der Waals surface area contributed by atoms with E-state index in [1.807, 2.05) is 5.57 Å². The lowest BCUT2D eigenvalue weighted by molar-refractivity contribution is -0.0136. The molecule has 0 amide bonds. The highest BCUT2D eigenvalue weighted by Crippen LogP contribution is 2.65. The van der Waals surface area contributed by atoms with Gasteiger partial charge in [0.1, 0.15) is 0 Å². The Balaban J connectivity index is 1.70. The maximum absolute atomic E-state index is 2.69. The second kappa shape index (κ2) is 4.74. The van der Waals surface area contributed by atoms with Gasteiger partial charge < -0.3 is 0 Å². The third-order valence-corrected chi connectivity index (χ3v) is 8.21. The molecule has 0 saturated heterocycles. The fraction of sp³-hybridized carbons (Fsp3) is 0.810. The summed E-state index contributed by atoms with van der Waals surface area (Å²) in [5, 5.41) is 0. The molecule has 0 heterocycles. The minimum atomic E-state index is 0.548. The molecule has 5 atom stereocenters. The van der Waals surface area contributed by atoms with Gasteiger partial charge in [-0.15, -0.1) is 0 Å². The van der Waals surface area contributed by atoms with Gasteiger partial charge in [-0.25, -0.2) is 0 Å². The zero-order chi connectivity index (χ0) is 14.7. The standard InChI is InChI=1S/C21H32/c1-4-15-9-11-18-17-10-8-16-7-5-6-13-20(16,2)19(17)12-14-21(15,18)3/h4,8,17-19H,5-7,9-14H2,1-3H3/t17-,18-,19-,20-,21+/m0/s1. The molecule has 4 aliphatic rings. The molecule has 0 aromatic carbocycles. The van der Waals surface area contributed by atoms with Crippen LogP contribution in [0.25, 0.3) is 0 Å². The molecule has 4 aliphatic carbocycles. The van der Waals surface area contributed by atoms with Gasteiger partial charge >= 0.3 is 0 Å². The summed E-state index contributed by atoms with van der Waals surface area (Å²) in [6, 6.07) is 0. The van der Waals surface area contributed by atoms with Crippen LogP contribution in [0.2, 0.25) is 0 Å². The maximum atomic E-state index is 2.69. The molecule has 21 heavy (non-hydrogen) atoms. The van der Waals surface area contributed by atoms with E-state index in [4.69, 9.17) is 0 Å². The number of hydrogen-bond donors (Lipinski definition) is 0. The number of allylic oxidation sites excluding steroid dienone is 4. The fourth-order valence-corrected chi connectivity index (χ4v) is 7.02. The van der Waals surface area contributed by atoms with Crippen molar-refractivity contribution in [3.8, 4) is 0 Å². The van der Waals surface area contributed by atoms with E-state index in [1.165, 1.54) is 57.8 Å². The Labute approximate surface area is 131 Å². The molecule has 0 N–H and O–H groups in total. The summed E-state index contributed by atoms with van der Waals surface area (Å²) in [6.45, 7) is 7.50. The van der Waals surface area contributed by atoms with Gasteiger partial charge in [0.25, 0.3) is 0 Å². The number of fused-ring (bicyclic) bond motifs is 5. The number of hydrogen-bond acceptors (Lipinski definition) is 0. The van der Waals surface area contributed by atoms with Crippen LogP contribution < -0.4 is 0 Å². The van der Waals surface area contributed by atoms with E-state index in [2.05, 4.69) is 32.9 Å². The van der Waals surface area contributed by atoms with Gasteiger partial charge in [-0.3, -0.25) is 0 Å².